The van der Waals surface area contributed by atoms with Crippen molar-refractivity contribution < 1.29 is 36.5 Å². The quantitative estimate of drug-likeness (QED) is 0.447. The van der Waals surface area contributed by atoms with Gasteiger partial charge in [-0.1, -0.05) is 0 Å². The van der Waals surface area contributed by atoms with E-state index < -0.39 is 9.29 Å². The van der Waals surface area contributed by atoms with Gasteiger partial charge in [0, 0.05) is 0 Å². The SMILES string of the molecule is O=[Si]=O.[O]=[Zr]. The molecule has 5 heavy (non-hydrogen) atoms. The first-order valence-corrected chi connectivity index (χ1v) is 2.43. The summed E-state index contributed by atoms with van der Waals surface area (Å²) in [5.74, 6) is 0. The third-order valence-electron chi connectivity index (χ3n) is 0. The van der Waals surface area contributed by atoms with Gasteiger partial charge >= 0.3 is 36.8 Å². The Kier molecular flexibility index (Phi) is 44.6. The molecule has 0 aromatic heterocycles. The summed E-state index contributed by atoms with van der Waals surface area (Å²) in [5.41, 5.74) is 0. The number of hydrogen-bond donors (Lipinski definition) is 0. The molecule has 0 aromatic carbocycles. The van der Waals surface area contributed by atoms with Crippen LogP contribution in [0.3, 0.4) is 0 Å². The summed E-state index contributed by atoms with van der Waals surface area (Å²) in [6.07, 6.45) is 0. The van der Waals surface area contributed by atoms with Crippen LogP contribution in [0.5, 0.6) is 0 Å². The summed E-state index contributed by atoms with van der Waals surface area (Å²) < 4.78 is 25.1. The van der Waals surface area contributed by atoms with Gasteiger partial charge in [0.2, 0.25) is 0 Å². The molecule has 0 spiro atoms. The first kappa shape index (κ1) is 9.09. The van der Waals surface area contributed by atoms with Crippen molar-refractivity contribution in [1.82, 2.24) is 0 Å². The van der Waals surface area contributed by atoms with E-state index >= 15 is 0 Å². The molecule has 0 aliphatic carbocycles. The normalized spacial score (nSPS) is 2.20. The molecular weight excluding hydrogens is 167 g/mol. The summed E-state index contributed by atoms with van der Waals surface area (Å²) in [6, 6.07) is 0. The van der Waals surface area contributed by atoms with Crippen molar-refractivity contribution in [2.75, 3.05) is 0 Å². The molecule has 0 unspecified atom stereocenters. The fourth-order valence-corrected chi connectivity index (χ4v) is 0. The molecule has 0 bridgehead atoms. The molecule has 26 valence electrons. The monoisotopic (exact) mass is 166 g/mol. The Bertz CT molecular complexity index is 36.2. The van der Waals surface area contributed by atoms with Crippen LogP contribution in [-0.2, 0) is 36.5 Å². The second kappa shape index (κ2) is 24.5. The minimum absolute atomic E-state index is 0.300. The van der Waals surface area contributed by atoms with Crippen LogP contribution in [0, 0.1) is 0 Å². The summed E-state index contributed by atoms with van der Waals surface area (Å²) in [6.45, 7) is 0. The Balaban J connectivity index is 0. The summed E-state index contributed by atoms with van der Waals surface area (Å²) in [7, 11) is -1.42. The molecule has 0 aliphatic heterocycles. The standard InChI is InChI=1S/O2Si.O.Zr/c1-3-2;;. The molecule has 0 aliphatic rings. The Labute approximate surface area is 46.0 Å². The van der Waals surface area contributed by atoms with Crippen LogP contribution in [0.4, 0.5) is 0 Å². The van der Waals surface area contributed by atoms with E-state index in [1.807, 2.05) is 0 Å². The Morgan fingerprint density at radius 2 is 1.20 bits per heavy atom. The fraction of sp³-hybridized carbons (Fsp3) is 0. The molecule has 0 atom stereocenters. The van der Waals surface area contributed by atoms with Crippen molar-refractivity contribution in [3.8, 4) is 0 Å². The van der Waals surface area contributed by atoms with E-state index in [1.165, 1.54) is 0 Å². The van der Waals surface area contributed by atoms with Gasteiger partial charge in [-0.15, -0.1) is 0 Å². The van der Waals surface area contributed by atoms with Gasteiger partial charge in [-0.05, 0) is 0 Å². The third-order valence-corrected chi connectivity index (χ3v) is 0. The fourth-order valence-electron chi connectivity index (χ4n) is 0. The molecule has 0 amide bonds. The van der Waals surface area contributed by atoms with E-state index in [-0.39, 0.29) is 0 Å². The van der Waals surface area contributed by atoms with Crippen molar-refractivity contribution in [2.24, 2.45) is 0 Å². The van der Waals surface area contributed by atoms with Gasteiger partial charge in [-0.2, -0.15) is 0 Å². The zero-order chi connectivity index (χ0) is 4.71. The summed E-state index contributed by atoms with van der Waals surface area (Å²) in [4.78, 5) is 0. The van der Waals surface area contributed by atoms with Crippen molar-refractivity contribution in [1.29, 1.82) is 0 Å². The molecule has 0 N–H and O–H groups in total. The van der Waals surface area contributed by atoms with Crippen molar-refractivity contribution in [2.45, 2.75) is 0 Å². The van der Waals surface area contributed by atoms with Gasteiger partial charge in [0.05, 0.1) is 0 Å². The summed E-state index contributed by atoms with van der Waals surface area (Å²) >= 11 is 0.300. The van der Waals surface area contributed by atoms with Gasteiger partial charge in [0.25, 0.3) is 0 Å². The average molecular weight is 167 g/mol. The van der Waals surface area contributed by atoms with Crippen molar-refractivity contribution >= 4 is 9.29 Å². The zero-order valence-electron chi connectivity index (χ0n) is 2.22. The molecule has 0 aromatic rings. The maximum atomic E-state index is 8.40. The van der Waals surface area contributed by atoms with Crippen LogP contribution < -0.4 is 0 Å². The Hall–Kier alpha value is 0.500. The number of hydrogen-bond acceptors (Lipinski definition) is 3. The zero-order valence-corrected chi connectivity index (χ0v) is 5.68. The van der Waals surface area contributed by atoms with E-state index in [9.17, 15) is 0 Å². The molecule has 5 heteroatoms. The predicted molar refractivity (Wildman–Crippen MR) is 7.81 cm³/mol. The molecule has 0 saturated heterocycles. The van der Waals surface area contributed by atoms with Crippen LogP contribution in [0.1, 0.15) is 0 Å². The first-order valence-electron chi connectivity index (χ1n) is 0.612. The second-order valence-corrected chi connectivity index (χ2v) is 0.250. The third kappa shape index (κ3) is 113. The Morgan fingerprint density at radius 3 is 1.20 bits per heavy atom. The van der Waals surface area contributed by atoms with Gasteiger partial charge in [-0.3, -0.25) is 8.92 Å². The van der Waals surface area contributed by atoms with Crippen molar-refractivity contribution in [3.63, 3.8) is 0 Å². The van der Waals surface area contributed by atoms with Crippen molar-refractivity contribution in [3.05, 3.63) is 0 Å². The minimum atomic E-state index is -1.42. The number of rotatable bonds is 0. The van der Waals surface area contributed by atoms with E-state index in [2.05, 4.69) is 0 Å². The molecule has 3 nitrogen and oxygen atoms in total. The van der Waals surface area contributed by atoms with Crippen LogP contribution >= 0.6 is 0 Å². The molecular formula is O3SiZr. The van der Waals surface area contributed by atoms with Crippen LogP contribution in [0.2, 0.25) is 0 Å². The average Bonchev–Trinajstić information content (AvgIpc) is 1.46. The maximum absolute atomic E-state index is 8.40. The van der Waals surface area contributed by atoms with E-state index in [0.717, 1.165) is 0 Å². The van der Waals surface area contributed by atoms with Gasteiger partial charge < -0.3 is 0 Å². The van der Waals surface area contributed by atoms with Crippen LogP contribution in [0.15, 0.2) is 0 Å². The van der Waals surface area contributed by atoms with Gasteiger partial charge in [0.15, 0.2) is 0 Å². The topological polar surface area (TPSA) is 51.2 Å². The van der Waals surface area contributed by atoms with E-state index in [4.69, 9.17) is 11.7 Å². The molecule has 0 heterocycles. The molecule has 0 rings (SSSR count). The van der Waals surface area contributed by atoms with E-state index in [0.29, 0.717) is 24.7 Å². The Morgan fingerprint density at radius 1 is 1.20 bits per heavy atom. The van der Waals surface area contributed by atoms with Crippen LogP contribution in [-0.4, -0.2) is 9.29 Å². The molecule has 0 saturated carbocycles. The molecule has 0 fully saturated rings. The molecule has 0 radical (unpaired) electrons. The predicted octanol–water partition coefficient (Wildman–Crippen LogP) is -0.740. The van der Waals surface area contributed by atoms with Gasteiger partial charge in [-0.25, -0.2) is 0 Å². The van der Waals surface area contributed by atoms with Gasteiger partial charge in [0.1, 0.15) is 0 Å². The van der Waals surface area contributed by atoms with E-state index in [1.54, 1.807) is 0 Å². The second-order valence-electron chi connectivity index (χ2n) is 0.0833. The summed E-state index contributed by atoms with van der Waals surface area (Å²) in [5, 5.41) is 0. The van der Waals surface area contributed by atoms with Crippen LogP contribution in [0.25, 0.3) is 0 Å². The first-order chi connectivity index (χ1) is 2.41.